The lowest BCUT2D eigenvalue weighted by atomic mass is 10.2. The van der Waals surface area contributed by atoms with Gasteiger partial charge >= 0.3 is 5.97 Å². The van der Waals surface area contributed by atoms with Gasteiger partial charge in [-0.3, -0.25) is 0 Å². The first-order chi connectivity index (χ1) is 9.10. The molecular weight excluding hydrogens is 262 g/mol. The van der Waals surface area contributed by atoms with E-state index in [1.54, 1.807) is 17.8 Å². The molecule has 2 aromatic rings. The lowest BCUT2D eigenvalue weighted by molar-refractivity contribution is 0.0660. The van der Waals surface area contributed by atoms with E-state index in [-0.39, 0.29) is 11.8 Å². The summed E-state index contributed by atoms with van der Waals surface area (Å²) >= 11 is 1.67. The van der Waals surface area contributed by atoms with Crippen molar-refractivity contribution in [3.05, 3.63) is 47.9 Å². The fraction of sp³-hybridized carbons (Fsp3) is 0.214. The Kier molecular flexibility index (Phi) is 4.16. The Morgan fingerprint density at radius 1 is 1.37 bits per heavy atom. The summed E-state index contributed by atoms with van der Waals surface area (Å²) in [5.41, 5.74) is 0.979. The largest absolute Gasteiger partial charge is 0.475 e. The van der Waals surface area contributed by atoms with Gasteiger partial charge in [-0.15, -0.1) is 11.8 Å². The Bertz CT molecular complexity index is 580. The molecule has 19 heavy (non-hydrogen) atoms. The van der Waals surface area contributed by atoms with Crippen LogP contribution < -0.4 is 5.32 Å². The Morgan fingerprint density at radius 3 is 2.79 bits per heavy atom. The first-order valence-electron chi connectivity index (χ1n) is 5.84. The minimum absolute atomic E-state index is 0.0403. The van der Waals surface area contributed by atoms with Crippen LogP contribution in [-0.2, 0) is 0 Å². The van der Waals surface area contributed by atoms with Crippen LogP contribution in [0.5, 0.6) is 0 Å². The van der Waals surface area contributed by atoms with E-state index in [2.05, 4.69) is 5.32 Å². The minimum atomic E-state index is -1.05. The molecule has 0 fully saturated rings. The molecule has 2 N–H and O–H groups in total. The average molecular weight is 277 g/mol. The molecule has 1 unspecified atom stereocenters. The third-order valence-corrected chi connectivity index (χ3v) is 3.44. The maximum atomic E-state index is 10.8. The molecule has 4 nitrogen and oxygen atoms in total. The first kappa shape index (κ1) is 13.5. The highest BCUT2D eigenvalue weighted by Crippen LogP contribution is 2.24. The van der Waals surface area contributed by atoms with Gasteiger partial charge < -0.3 is 14.8 Å². The Balaban J connectivity index is 2.10. The van der Waals surface area contributed by atoms with Gasteiger partial charge in [0.05, 0.1) is 6.04 Å². The second-order valence-electron chi connectivity index (χ2n) is 4.11. The van der Waals surface area contributed by atoms with E-state index in [0.29, 0.717) is 5.76 Å². The molecule has 0 aliphatic heterocycles. The average Bonchev–Trinajstić information content (AvgIpc) is 2.89. The van der Waals surface area contributed by atoms with Crippen molar-refractivity contribution < 1.29 is 14.3 Å². The third-order valence-electron chi connectivity index (χ3n) is 2.72. The van der Waals surface area contributed by atoms with Crippen LogP contribution in [0.2, 0.25) is 0 Å². The highest BCUT2D eigenvalue weighted by atomic mass is 32.2. The summed E-state index contributed by atoms with van der Waals surface area (Å²) in [4.78, 5) is 11.9. The number of furan rings is 1. The van der Waals surface area contributed by atoms with Gasteiger partial charge in [0.15, 0.2) is 0 Å². The zero-order valence-electron chi connectivity index (χ0n) is 10.7. The number of carboxylic acid groups (broad SMARTS) is 1. The minimum Gasteiger partial charge on any atom is -0.475 e. The van der Waals surface area contributed by atoms with E-state index < -0.39 is 5.97 Å². The normalized spacial score (nSPS) is 12.1. The highest BCUT2D eigenvalue weighted by molar-refractivity contribution is 7.98. The second-order valence-corrected chi connectivity index (χ2v) is 4.98. The van der Waals surface area contributed by atoms with Crippen LogP contribution in [0.1, 0.15) is 29.3 Å². The number of benzene rings is 1. The Hall–Kier alpha value is -1.88. The van der Waals surface area contributed by atoms with Gasteiger partial charge in [-0.05, 0) is 43.5 Å². The SMILES string of the molecule is CSc1cccc(NC(C)c2ccc(C(=O)O)o2)c1. The molecule has 100 valence electrons. The van der Waals surface area contributed by atoms with E-state index in [1.165, 1.54) is 11.0 Å². The number of carboxylic acids is 1. The van der Waals surface area contributed by atoms with Crippen LogP contribution in [0.25, 0.3) is 0 Å². The van der Waals surface area contributed by atoms with Gasteiger partial charge in [-0.1, -0.05) is 6.07 Å². The van der Waals surface area contributed by atoms with E-state index in [4.69, 9.17) is 9.52 Å². The molecule has 0 spiro atoms. The third kappa shape index (κ3) is 3.32. The molecule has 2 rings (SSSR count). The van der Waals surface area contributed by atoms with Crippen molar-refractivity contribution >= 4 is 23.4 Å². The van der Waals surface area contributed by atoms with Crippen LogP contribution in [-0.4, -0.2) is 17.3 Å². The van der Waals surface area contributed by atoms with Gasteiger partial charge in [0, 0.05) is 10.6 Å². The first-order valence-corrected chi connectivity index (χ1v) is 7.06. The molecule has 5 heteroatoms. The predicted molar refractivity (Wildman–Crippen MR) is 75.9 cm³/mol. The second kappa shape index (κ2) is 5.84. The number of rotatable bonds is 5. The van der Waals surface area contributed by atoms with Gasteiger partial charge in [0.25, 0.3) is 0 Å². The number of hydrogen-bond donors (Lipinski definition) is 2. The number of nitrogens with one attached hydrogen (secondary N) is 1. The molecule has 0 saturated heterocycles. The zero-order chi connectivity index (χ0) is 13.8. The lowest BCUT2D eigenvalue weighted by Crippen LogP contribution is -2.05. The molecule has 1 aromatic carbocycles. The van der Waals surface area contributed by atoms with Crippen molar-refractivity contribution in [1.82, 2.24) is 0 Å². The molecule has 0 aliphatic rings. The zero-order valence-corrected chi connectivity index (χ0v) is 11.5. The van der Waals surface area contributed by atoms with Crippen LogP contribution in [0.3, 0.4) is 0 Å². The molecule has 0 radical (unpaired) electrons. The number of hydrogen-bond acceptors (Lipinski definition) is 4. The van der Waals surface area contributed by atoms with Gasteiger partial charge in [-0.25, -0.2) is 4.79 Å². The van der Waals surface area contributed by atoms with Crippen molar-refractivity contribution in [2.24, 2.45) is 0 Å². The molecule has 0 saturated carbocycles. The van der Waals surface area contributed by atoms with Crippen molar-refractivity contribution in [3.63, 3.8) is 0 Å². The summed E-state index contributed by atoms with van der Waals surface area (Å²) < 4.78 is 5.27. The van der Waals surface area contributed by atoms with Crippen LogP contribution >= 0.6 is 11.8 Å². The van der Waals surface area contributed by atoms with E-state index >= 15 is 0 Å². The molecule has 0 aliphatic carbocycles. The fourth-order valence-corrected chi connectivity index (χ4v) is 2.19. The molecule has 0 amide bonds. The van der Waals surface area contributed by atoms with E-state index in [0.717, 1.165) is 5.69 Å². The fourth-order valence-electron chi connectivity index (χ4n) is 1.73. The maximum Gasteiger partial charge on any atom is 0.371 e. The summed E-state index contributed by atoms with van der Waals surface area (Å²) in [5.74, 6) is -0.490. The van der Waals surface area contributed by atoms with E-state index in [9.17, 15) is 4.79 Å². The molecule has 0 bridgehead atoms. The summed E-state index contributed by atoms with van der Waals surface area (Å²) in [6.07, 6.45) is 2.02. The van der Waals surface area contributed by atoms with Crippen molar-refractivity contribution in [2.45, 2.75) is 17.9 Å². The smallest absolute Gasteiger partial charge is 0.371 e. The van der Waals surface area contributed by atoms with Gasteiger partial charge in [0.1, 0.15) is 5.76 Å². The molecule has 1 atom stereocenters. The van der Waals surface area contributed by atoms with Gasteiger partial charge in [-0.2, -0.15) is 0 Å². The summed E-state index contributed by atoms with van der Waals surface area (Å²) in [6.45, 7) is 1.93. The number of aromatic carboxylic acids is 1. The van der Waals surface area contributed by atoms with Gasteiger partial charge in [0.2, 0.25) is 5.76 Å². The van der Waals surface area contributed by atoms with E-state index in [1.807, 2.05) is 37.4 Å². The number of thioether (sulfide) groups is 1. The van der Waals surface area contributed by atoms with Crippen LogP contribution in [0.15, 0.2) is 45.7 Å². The molecule has 1 heterocycles. The van der Waals surface area contributed by atoms with Crippen molar-refractivity contribution in [2.75, 3.05) is 11.6 Å². The maximum absolute atomic E-state index is 10.8. The van der Waals surface area contributed by atoms with Crippen molar-refractivity contribution in [1.29, 1.82) is 0 Å². The predicted octanol–water partition coefficient (Wildman–Crippen LogP) is 3.87. The number of anilines is 1. The monoisotopic (exact) mass is 277 g/mol. The summed E-state index contributed by atoms with van der Waals surface area (Å²) in [6, 6.07) is 11.1. The quantitative estimate of drug-likeness (QED) is 0.812. The van der Waals surface area contributed by atoms with Crippen LogP contribution in [0.4, 0.5) is 5.69 Å². The lowest BCUT2D eigenvalue weighted by Gasteiger charge is -2.13. The standard InChI is InChI=1S/C14H15NO3S/c1-9(12-6-7-13(18-12)14(16)17)15-10-4-3-5-11(8-10)19-2/h3-9,15H,1-2H3,(H,16,17). The summed E-state index contributed by atoms with van der Waals surface area (Å²) in [7, 11) is 0. The van der Waals surface area contributed by atoms with Crippen molar-refractivity contribution in [3.8, 4) is 0 Å². The Morgan fingerprint density at radius 2 is 2.16 bits per heavy atom. The summed E-state index contributed by atoms with van der Waals surface area (Å²) in [5, 5.41) is 12.1. The van der Waals surface area contributed by atoms with Crippen LogP contribution in [0, 0.1) is 0 Å². The molecular formula is C14H15NO3S. The topological polar surface area (TPSA) is 62.5 Å². The highest BCUT2D eigenvalue weighted by Gasteiger charge is 2.14. The number of carbonyl (C=O) groups is 1. The Labute approximate surface area is 115 Å². The molecule has 1 aromatic heterocycles.